The van der Waals surface area contributed by atoms with Gasteiger partial charge in [0.25, 0.3) is 10.0 Å². The fraction of sp³-hybridized carbons (Fsp3) is 0.143. The molecule has 0 bridgehead atoms. The molecule has 0 saturated carbocycles. The van der Waals surface area contributed by atoms with Crippen LogP contribution in [0, 0.1) is 0 Å². The van der Waals surface area contributed by atoms with Gasteiger partial charge in [-0.2, -0.15) is 0 Å². The number of methoxy groups -OCH3 is 2. The Bertz CT molecular complexity index is 986. The number of para-hydroxylation sites is 1. The van der Waals surface area contributed by atoms with Crippen LogP contribution in [0.2, 0.25) is 0 Å². The first kappa shape index (κ1) is 18.8. The molecular weight excluding hydrogens is 362 g/mol. The van der Waals surface area contributed by atoms with E-state index in [1.807, 2.05) is 24.3 Å². The maximum Gasteiger partial charge on any atom is 0.264 e. The number of nitrogens with zero attached hydrogens (tertiary/aromatic N) is 1. The highest BCUT2D eigenvalue weighted by Gasteiger charge is 2.26. The van der Waals surface area contributed by atoms with Crippen molar-refractivity contribution in [3.05, 3.63) is 84.4 Å². The summed E-state index contributed by atoms with van der Waals surface area (Å²) in [6.45, 7) is 0.146. The summed E-state index contributed by atoms with van der Waals surface area (Å²) in [5.74, 6) is 1.30. The third kappa shape index (κ3) is 4.06. The molecule has 0 spiro atoms. The van der Waals surface area contributed by atoms with E-state index in [4.69, 9.17) is 9.47 Å². The van der Waals surface area contributed by atoms with Gasteiger partial charge in [-0.25, -0.2) is 8.42 Å². The molecule has 0 aromatic heterocycles. The second kappa shape index (κ2) is 8.14. The Morgan fingerprint density at radius 3 is 2.04 bits per heavy atom. The van der Waals surface area contributed by atoms with Gasteiger partial charge in [0, 0.05) is 5.56 Å². The van der Waals surface area contributed by atoms with E-state index >= 15 is 0 Å². The van der Waals surface area contributed by atoms with Crippen LogP contribution in [0.25, 0.3) is 0 Å². The van der Waals surface area contributed by atoms with Crippen LogP contribution in [-0.4, -0.2) is 22.6 Å². The Morgan fingerprint density at radius 1 is 0.778 bits per heavy atom. The molecule has 0 aliphatic heterocycles. The van der Waals surface area contributed by atoms with E-state index < -0.39 is 10.0 Å². The molecule has 0 fully saturated rings. The van der Waals surface area contributed by atoms with Gasteiger partial charge in [-0.3, -0.25) is 4.31 Å². The van der Waals surface area contributed by atoms with E-state index in [1.54, 1.807) is 68.8 Å². The van der Waals surface area contributed by atoms with Crippen LogP contribution in [0.15, 0.2) is 83.8 Å². The van der Waals surface area contributed by atoms with E-state index in [0.29, 0.717) is 17.2 Å². The molecule has 0 N–H and O–H groups in total. The van der Waals surface area contributed by atoms with Gasteiger partial charge in [0.2, 0.25) is 0 Å². The SMILES string of the molecule is COc1ccc(N(Cc2ccccc2OC)S(=O)(=O)c2ccccc2)cc1. The summed E-state index contributed by atoms with van der Waals surface area (Å²) in [5.41, 5.74) is 1.32. The van der Waals surface area contributed by atoms with Crippen LogP contribution in [0.1, 0.15) is 5.56 Å². The second-order valence-corrected chi connectivity index (χ2v) is 7.70. The van der Waals surface area contributed by atoms with Crippen molar-refractivity contribution in [2.24, 2.45) is 0 Å². The fourth-order valence-corrected chi connectivity index (χ4v) is 4.24. The molecular formula is C21H21NO4S. The van der Waals surface area contributed by atoms with Crippen LogP contribution in [0.3, 0.4) is 0 Å². The van der Waals surface area contributed by atoms with Gasteiger partial charge in [0.05, 0.1) is 31.3 Å². The number of sulfonamides is 1. The first-order chi connectivity index (χ1) is 13.1. The van der Waals surface area contributed by atoms with Crippen LogP contribution >= 0.6 is 0 Å². The maximum atomic E-state index is 13.3. The normalized spacial score (nSPS) is 11.0. The minimum absolute atomic E-state index is 0.146. The van der Waals surface area contributed by atoms with Crippen LogP contribution in [-0.2, 0) is 16.6 Å². The van der Waals surface area contributed by atoms with Crippen molar-refractivity contribution >= 4 is 15.7 Å². The monoisotopic (exact) mass is 383 g/mol. The summed E-state index contributed by atoms with van der Waals surface area (Å²) in [6, 6.07) is 22.7. The molecule has 0 radical (unpaired) electrons. The number of anilines is 1. The molecule has 27 heavy (non-hydrogen) atoms. The molecule has 5 nitrogen and oxygen atoms in total. The van der Waals surface area contributed by atoms with Gasteiger partial charge in [-0.05, 0) is 42.5 Å². The van der Waals surface area contributed by atoms with E-state index in [1.165, 1.54) is 4.31 Å². The van der Waals surface area contributed by atoms with Gasteiger partial charge in [0.15, 0.2) is 0 Å². The molecule has 0 saturated heterocycles. The van der Waals surface area contributed by atoms with Gasteiger partial charge in [-0.15, -0.1) is 0 Å². The Hall–Kier alpha value is -2.99. The van der Waals surface area contributed by atoms with Gasteiger partial charge in [0.1, 0.15) is 11.5 Å². The molecule has 0 aliphatic rings. The van der Waals surface area contributed by atoms with Crippen molar-refractivity contribution in [1.29, 1.82) is 0 Å². The molecule has 3 aromatic carbocycles. The molecule has 0 heterocycles. The van der Waals surface area contributed by atoms with Crippen molar-refractivity contribution in [2.45, 2.75) is 11.4 Å². The van der Waals surface area contributed by atoms with Crippen molar-refractivity contribution in [3.8, 4) is 11.5 Å². The van der Waals surface area contributed by atoms with Crippen LogP contribution < -0.4 is 13.8 Å². The molecule has 140 valence electrons. The summed E-state index contributed by atoms with van der Waals surface area (Å²) in [7, 11) is -0.616. The summed E-state index contributed by atoms with van der Waals surface area (Å²) >= 11 is 0. The zero-order chi connectivity index (χ0) is 19.3. The first-order valence-electron chi connectivity index (χ1n) is 8.40. The maximum absolute atomic E-state index is 13.3. The first-order valence-corrected chi connectivity index (χ1v) is 9.84. The lowest BCUT2D eigenvalue weighted by molar-refractivity contribution is 0.410. The minimum Gasteiger partial charge on any atom is -0.497 e. The average molecular weight is 383 g/mol. The highest BCUT2D eigenvalue weighted by Crippen LogP contribution is 2.30. The molecule has 0 aliphatic carbocycles. The summed E-state index contributed by atoms with van der Waals surface area (Å²) in [4.78, 5) is 0.232. The lowest BCUT2D eigenvalue weighted by Crippen LogP contribution is -2.30. The highest BCUT2D eigenvalue weighted by molar-refractivity contribution is 7.92. The average Bonchev–Trinajstić information content (AvgIpc) is 2.73. The Kier molecular flexibility index (Phi) is 5.66. The molecule has 6 heteroatoms. The number of hydrogen-bond acceptors (Lipinski definition) is 4. The molecule has 3 aromatic rings. The third-order valence-corrected chi connectivity index (χ3v) is 5.99. The lowest BCUT2D eigenvalue weighted by Gasteiger charge is -2.25. The quantitative estimate of drug-likeness (QED) is 0.616. The van der Waals surface area contributed by atoms with Crippen molar-refractivity contribution in [2.75, 3.05) is 18.5 Å². The van der Waals surface area contributed by atoms with Crippen molar-refractivity contribution in [3.63, 3.8) is 0 Å². The van der Waals surface area contributed by atoms with Crippen LogP contribution in [0.5, 0.6) is 11.5 Å². The zero-order valence-electron chi connectivity index (χ0n) is 15.2. The Morgan fingerprint density at radius 2 is 1.41 bits per heavy atom. The Labute approximate surface area is 159 Å². The van der Waals surface area contributed by atoms with E-state index in [-0.39, 0.29) is 11.4 Å². The van der Waals surface area contributed by atoms with Crippen molar-refractivity contribution in [1.82, 2.24) is 0 Å². The third-order valence-electron chi connectivity index (χ3n) is 4.20. The van der Waals surface area contributed by atoms with Crippen LogP contribution in [0.4, 0.5) is 5.69 Å². The predicted molar refractivity (Wildman–Crippen MR) is 106 cm³/mol. The zero-order valence-corrected chi connectivity index (χ0v) is 16.0. The van der Waals surface area contributed by atoms with E-state index in [0.717, 1.165) is 5.56 Å². The van der Waals surface area contributed by atoms with Gasteiger partial charge < -0.3 is 9.47 Å². The molecule has 0 amide bonds. The number of rotatable bonds is 7. The highest BCUT2D eigenvalue weighted by atomic mass is 32.2. The summed E-state index contributed by atoms with van der Waals surface area (Å²) in [5, 5.41) is 0. The summed E-state index contributed by atoms with van der Waals surface area (Å²) in [6.07, 6.45) is 0. The minimum atomic E-state index is -3.76. The standard InChI is InChI=1S/C21H21NO4S/c1-25-19-14-12-18(13-15-19)22(16-17-8-6-7-11-21(17)26-2)27(23,24)20-9-4-3-5-10-20/h3-15H,16H2,1-2H3. The number of hydrogen-bond donors (Lipinski definition) is 0. The number of ether oxygens (including phenoxy) is 2. The van der Waals surface area contributed by atoms with Crippen molar-refractivity contribution < 1.29 is 17.9 Å². The van der Waals surface area contributed by atoms with E-state index in [2.05, 4.69) is 0 Å². The number of benzene rings is 3. The molecule has 0 atom stereocenters. The predicted octanol–water partition coefficient (Wildman–Crippen LogP) is 4.10. The van der Waals surface area contributed by atoms with E-state index in [9.17, 15) is 8.42 Å². The lowest BCUT2D eigenvalue weighted by atomic mass is 10.2. The smallest absolute Gasteiger partial charge is 0.264 e. The molecule has 0 unspecified atom stereocenters. The Balaban J connectivity index is 2.08. The molecule has 3 rings (SSSR count). The van der Waals surface area contributed by atoms with Gasteiger partial charge in [-0.1, -0.05) is 36.4 Å². The summed E-state index contributed by atoms with van der Waals surface area (Å²) < 4.78 is 38.6. The second-order valence-electron chi connectivity index (χ2n) is 5.83. The fourth-order valence-electron chi connectivity index (χ4n) is 2.77. The van der Waals surface area contributed by atoms with Gasteiger partial charge >= 0.3 is 0 Å². The topological polar surface area (TPSA) is 55.8 Å². The largest absolute Gasteiger partial charge is 0.497 e.